The highest BCUT2D eigenvalue weighted by molar-refractivity contribution is 6.30. The summed E-state index contributed by atoms with van der Waals surface area (Å²) in [4.78, 5) is 51.3. The first-order chi connectivity index (χ1) is 17.5. The second-order valence-corrected chi connectivity index (χ2v) is 10.6. The Morgan fingerprint density at radius 2 is 1.86 bits per heavy atom. The average molecular weight is 508 g/mol. The minimum Gasteiger partial charge on any atom is -0.356 e. The molecule has 6 rings (SSSR count). The van der Waals surface area contributed by atoms with Crippen LogP contribution in [-0.4, -0.2) is 71.3 Å². The van der Waals surface area contributed by atoms with Crippen molar-refractivity contribution in [3.05, 3.63) is 58.9 Å². The number of fused-ring (bicyclic) bond motifs is 4. The standard InChI is InChI=1S/C27H30ClN5O3/c28-18-9-10-22(30-17-18)25(35)31-12-4-11-29-24(34)21-16-19-6-3-15-33(19)27(21)20-7-1-2-8-23(20)32(26(27)36)14-5-13-31/h1-2,7-10,17,19,21H,3-6,11-16H2,(H,29,34)/t19-,21+,27+/m0/s1. The van der Waals surface area contributed by atoms with Crippen LogP contribution in [0.5, 0.6) is 0 Å². The highest BCUT2D eigenvalue weighted by atomic mass is 35.5. The van der Waals surface area contributed by atoms with E-state index >= 15 is 0 Å². The summed E-state index contributed by atoms with van der Waals surface area (Å²) in [5.74, 6) is -0.650. The molecule has 36 heavy (non-hydrogen) atoms. The maximum absolute atomic E-state index is 14.3. The van der Waals surface area contributed by atoms with Crippen LogP contribution in [0.15, 0.2) is 42.6 Å². The molecule has 8 nitrogen and oxygen atoms in total. The summed E-state index contributed by atoms with van der Waals surface area (Å²) in [6.45, 7) is 2.76. The predicted molar refractivity (Wildman–Crippen MR) is 136 cm³/mol. The molecule has 1 aromatic heterocycles. The lowest BCUT2D eigenvalue weighted by atomic mass is 9.78. The molecule has 188 valence electrons. The monoisotopic (exact) mass is 507 g/mol. The predicted octanol–water partition coefficient (Wildman–Crippen LogP) is 2.81. The summed E-state index contributed by atoms with van der Waals surface area (Å²) in [6.07, 6.45) is 5.51. The number of hydrogen-bond donors (Lipinski definition) is 1. The zero-order valence-electron chi connectivity index (χ0n) is 20.2. The molecule has 0 unspecified atom stereocenters. The molecule has 9 heteroatoms. The van der Waals surface area contributed by atoms with E-state index in [1.54, 1.807) is 17.0 Å². The maximum atomic E-state index is 14.3. The van der Waals surface area contributed by atoms with Crippen molar-refractivity contribution in [3.63, 3.8) is 0 Å². The van der Waals surface area contributed by atoms with Crippen LogP contribution in [0.4, 0.5) is 5.69 Å². The molecule has 4 aliphatic heterocycles. The number of rotatable bonds is 1. The van der Waals surface area contributed by atoms with Gasteiger partial charge in [-0.25, -0.2) is 4.98 Å². The van der Waals surface area contributed by atoms with E-state index in [1.807, 2.05) is 29.2 Å². The molecule has 0 radical (unpaired) electrons. The van der Waals surface area contributed by atoms with E-state index in [0.29, 0.717) is 56.2 Å². The lowest BCUT2D eigenvalue weighted by molar-refractivity contribution is -0.138. The molecule has 3 atom stereocenters. The number of benzene rings is 1. The van der Waals surface area contributed by atoms with E-state index < -0.39 is 11.5 Å². The Bertz CT molecular complexity index is 1200. The molecule has 1 aromatic carbocycles. The lowest BCUT2D eigenvalue weighted by Gasteiger charge is -2.37. The fourth-order valence-electron chi connectivity index (χ4n) is 6.79. The molecule has 0 saturated carbocycles. The van der Waals surface area contributed by atoms with Gasteiger partial charge in [0.05, 0.1) is 10.9 Å². The Kier molecular flexibility index (Phi) is 5.96. The van der Waals surface area contributed by atoms with Crippen molar-refractivity contribution in [2.75, 3.05) is 37.6 Å². The van der Waals surface area contributed by atoms with Crippen LogP contribution in [0.3, 0.4) is 0 Å². The van der Waals surface area contributed by atoms with Crippen molar-refractivity contribution >= 4 is 35.0 Å². The van der Waals surface area contributed by atoms with E-state index in [1.165, 1.54) is 6.20 Å². The summed E-state index contributed by atoms with van der Waals surface area (Å²) in [5.41, 5.74) is 1.25. The Morgan fingerprint density at radius 1 is 1.03 bits per heavy atom. The third-order valence-corrected chi connectivity index (χ3v) is 8.51. The Morgan fingerprint density at radius 3 is 2.69 bits per heavy atom. The van der Waals surface area contributed by atoms with E-state index in [-0.39, 0.29) is 23.8 Å². The molecular weight excluding hydrogens is 478 g/mol. The van der Waals surface area contributed by atoms with Gasteiger partial charge >= 0.3 is 0 Å². The van der Waals surface area contributed by atoms with Crippen LogP contribution >= 0.6 is 11.6 Å². The lowest BCUT2D eigenvalue weighted by Crippen LogP contribution is -2.56. The molecule has 3 fully saturated rings. The van der Waals surface area contributed by atoms with Gasteiger partial charge in [0.1, 0.15) is 11.2 Å². The third-order valence-electron chi connectivity index (χ3n) is 8.28. The van der Waals surface area contributed by atoms with E-state index in [2.05, 4.69) is 15.2 Å². The van der Waals surface area contributed by atoms with E-state index in [0.717, 1.165) is 30.6 Å². The van der Waals surface area contributed by atoms with Gasteiger partial charge in [-0.2, -0.15) is 0 Å². The maximum Gasteiger partial charge on any atom is 0.272 e. The quantitative estimate of drug-likeness (QED) is 0.641. The molecule has 5 heterocycles. The van der Waals surface area contributed by atoms with Gasteiger partial charge in [0.2, 0.25) is 5.91 Å². The summed E-state index contributed by atoms with van der Waals surface area (Å²) in [5, 5.41) is 3.59. The van der Waals surface area contributed by atoms with Gasteiger partial charge in [0, 0.05) is 49.7 Å². The van der Waals surface area contributed by atoms with Gasteiger partial charge < -0.3 is 15.1 Å². The molecule has 4 aliphatic rings. The first-order valence-electron chi connectivity index (χ1n) is 12.9. The second kappa shape index (κ2) is 9.16. The van der Waals surface area contributed by atoms with Crippen molar-refractivity contribution in [3.8, 4) is 0 Å². The van der Waals surface area contributed by atoms with Crippen LogP contribution in [-0.2, 0) is 15.1 Å². The number of halogens is 1. The number of carbonyl (C=O) groups excluding carboxylic acids is 3. The fraction of sp³-hybridized carbons (Fsp3) is 0.481. The van der Waals surface area contributed by atoms with Crippen molar-refractivity contribution in [2.24, 2.45) is 5.92 Å². The highest BCUT2D eigenvalue weighted by Crippen LogP contribution is 2.57. The van der Waals surface area contributed by atoms with Crippen LogP contribution in [0, 0.1) is 5.92 Å². The molecule has 1 N–H and O–H groups in total. The van der Waals surface area contributed by atoms with Gasteiger partial charge in [-0.3, -0.25) is 19.3 Å². The van der Waals surface area contributed by atoms with Crippen molar-refractivity contribution < 1.29 is 14.4 Å². The summed E-state index contributed by atoms with van der Waals surface area (Å²) < 4.78 is 0. The summed E-state index contributed by atoms with van der Waals surface area (Å²) in [6, 6.07) is 11.5. The molecule has 3 amide bonds. The molecule has 1 spiro atoms. The van der Waals surface area contributed by atoms with Crippen LogP contribution < -0.4 is 10.2 Å². The molecular formula is C27H30ClN5O3. The van der Waals surface area contributed by atoms with Crippen molar-refractivity contribution in [1.82, 2.24) is 20.1 Å². The largest absolute Gasteiger partial charge is 0.356 e. The molecule has 2 aromatic rings. The van der Waals surface area contributed by atoms with Gasteiger partial charge in [0.25, 0.3) is 11.8 Å². The van der Waals surface area contributed by atoms with Crippen molar-refractivity contribution in [1.29, 1.82) is 0 Å². The smallest absolute Gasteiger partial charge is 0.272 e. The average Bonchev–Trinajstić information content (AvgIpc) is 3.54. The first-order valence-corrected chi connectivity index (χ1v) is 13.3. The zero-order valence-corrected chi connectivity index (χ0v) is 20.9. The SMILES string of the molecule is O=C1NCCCN(C(=O)c2ccc(Cl)cn2)CCCN2C(=O)[C@@]3(c4ccccc42)[C@@H]1C[C@@H]1CCCN13. The van der Waals surface area contributed by atoms with E-state index in [9.17, 15) is 14.4 Å². The van der Waals surface area contributed by atoms with E-state index in [4.69, 9.17) is 11.6 Å². The molecule has 3 saturated heterocycles. The van der Waals surface area contributed by atoms with Gasteiger partial charge in [-0.05, 0) is 56.8 Å². The fourth-order valence-corrected chi connectivity index (χ4v) is 6.90. The summed E-state index contributed by atoms with van der Waals surface area (Å²) >= 11 is 5.95. The second-order valence-electron chi connectivity index (χ2n) is 10.2. The normalized spacial score (nSPS) is 28.5. The zero-order chi connectivity index (χ0) is 24.9. The number of nitrogens with zero attached hydrogens (tertiary/aromatic N) is 4. The number of amides is 3. The van der Waals surface area contributed by atoms with Gasteiger partial charge in [-0.1, -0.05) is 29.8 Å². The third kappa shape index (κ3) is 3.53. The minimum absolute atomic E-state index is 0.00439. The Balaban J connectivity index is 1.34. The highest BCUT2D eigenvalue weighted by Gasteiger charge is 2.66. The molecule has 2 bridgehead atoms. The van der Waals surface area contributed by atoms with Gasteiger partial charge in [-0.15, -0.1) is 0 Å². The number of aromatic nitrogens is 1. The topological polar surface area (TPSA) is 85.9 Å². The number of nitrogens with one attached hydrogen (secondary N) is 1. The van der Waals surface area contributed by atoms with Crippen LogP contribution in [0.1, 0.15) is 48.2 Å². The minimum atomic E-state index is -0.932. The van der Waals surface area contributed by atoms with Crippen LogP contribution in [0.2, 0.25) is 5.02 Å². The number of anilines is 1. The number of pyridine rings is 1. The number of hydrogen-bond acceptors (Lipinski definition) is 5. The van der Waals surface area contributed by atoms with Crippen molar-refractivity contribution in [2.45, 2.75) is 43.7 Å². The first kappa shape index (κ1) is 23.4. The Labute approximate surface area is 215 Å². The van der Waals surface area contributed by atoms with Gasteiger partial charge in [0.15, 0.2) is 0 Å². The Hall–Kier alpha value is -2.97. The molecule has 0 aliphatic carbocycles. The van der Waals surface area contributed by atoms with Crippen LogP contribution in [0.25, 0.3) is 0 Å². The number of para-hydroxylation sites is 1. The number of carbonyl (C=O) groups is 3. The summed E-state index contributed by atoms with van der Waals surface area (Å²) in [7, 11) is 0.